The largest absolute Gasteiger partial charge is 0.493 e. The third-order valence-electron chi connectivity index (χ3n) is 4.84. The van der Waals surface area contributed by atoms with Gasteiger partial charge in [0, 0.05) is 25.1 Å². The van der Waals surface area contributed by atoms with Gasteiger partial charge >= 0.3 is 0 Å². The van der Waals surface area contributed by atoms with Crippen LogP contribution < -0.4 is 10.1 Å². The Hall–Kier alpha value is -1.06. The van der Waals surface area contributed by atoms with Gasteiger partial charge in [0.25, 0.3) is 0 Å². The van der Waals surface area contributed by atoms with Gasteiger partial charge in [-0.05, 0) is 37.8 Å². The molecule has 1 fully saturated rings. The Morgan fingerprint density at radius 3 is 2.90 bits per heavy atom. The average molecular weight is 275 g/mol. The van der Waals surface area contributed by atoms with Gasteiger partial charge in [-0.1, -0.05) is 25.1 Å². The maximum Gasteiger partial charge on any atom is 0.127 e. The predicted molar refractivity (Wildman–Crippen MR) is 80.3 cm³/mol. The number of hydrogen-bond acceptors (Lipinski definition) is 3. The minimum Gasteiger partial charge on any atom is -0.493 e. The van der Waals surface area contributed by atoms with E-state index in [1.165, 1.54) is 30.4 Å². The second-order valence-corrected chi connectivity index (χ2v) is 5.99. The average Bonchev–Trinajstić information content (AvgIpc) is 2.90. The van der Waals surface area contributed by atoms with Crippen molar-refractivity contribution in [2.75, 3.05) is 20.3 Å². The number of methoxy groups -OCH3 is 1. The first-order chi connectivity index (χ1) is 9.78. The van der Waals surface area contributed by atoms with E-state index in [2.05, 4.69) is 30.4 Å². The lowest BCUT2D eigenvalue weighted by molar-refractivity contribution is -0.0838. The maximum atomic E-state index is 5.88. The van der Waals surface area contributed by atoms with Crippen LogP contribution in [0.25, 0.3) is 0 Å². The summed E-state index contributed by atoms with van der Waals surface area (Å²) in [5.41, 5.74) is 2.74. The fourth-order valence-electron chi connectivity index (χ4n) is 3.49. The van der Waals surface area contributed by atoms with Gasteiger partial charge in [0.05, 0.1) is 12.2 Å². The van der Waals surface area contributed by atoms with Crippen molar-refractivity contribution in [3.05, 3.63) is 29.3 Å². The van der Waals surface area contributed by atoms with Crippen LogP contribution in [-0.4, -0.2) is 25.9 Å². The highest BCUT2D eigenvalue weighted by atomic mass is 16.5. The first-order valence-electron chi connectivity index (χ1n) is 7.81. The normalized spacial score (nSPS) is 20.9. The standard InChI is InChI=1S/C17H25NO2/c1-3-18-15(12-17(19-2)9-5-10-17)14-7-4-6-13-8-11-20-16(13)14/h4,6-7,15,18H,3,5,8-12H2,1-2H3. The van der Waals surface area contributed by atoms with Crippen LogP contribution in [0.5, 0.6) is 5.75 Å². The second kappa shape index (κ2) is 5.74. The molecule has 0 radical (unpaired) electrons. The molecule has 1 aromatic carbocycles. The number of hydrogen-bond donors (Lipinski definition) is 1. The molecule has 1 atom stereocenters. The van der Waals surface area contributed by atoms with Gasteiger partial charge < -0.3 is 14.8 Å². The lowest BCUT2D eigenvalue weighted by Gasteiger charge is -2.43. The van der Waals surface area contributed by atoms with Crippen molar-refractivity contribution in [2.24, 2.45) is 0 Å². The van der Waals surface area contributed by atoms with Gasteiger partial charge in [0.1, 0.15) is 5.75 Å². The number of nitrogens with one attached hydrogen (secondary N) is 1. The fourth-order valence-corrected chi connectivity index (χ4v) is 3.49. The minimum absolute atomic E-state index is 0.0775. The molecule has 2 aliphatic rings. The molecule has 3 rings (SSSR count). The lowest BCUT2D eigenvalue weighted by Crippen LogP contribution is -2.43. The number of para-hydroxylation sites is 1. The van der Waals surface area contributed by atoms with Crippen LogP contribution in [0.3, 0.4) is 0 Å². The van der Waals surface area contributed by atoms with Gasteiger partial charge in [0.15, 0.2) is 0 Å². The highest BCUT2D eigenvalue weighted by Crippen LogP contribution is 2.44. The Kier molecular flexibility index (Phi) is 3.99. The fraction of sp³-hybridized carbons (Fsp3) is 0.647. The van der Waals surface area contributed by atoms with E-state index in [9.17, 15) is 0 Å². The van der Waals surface area contributed by atoms with E-state index in [0.717, 1.165) is 31.7 Å². The summed E-state index contributed by atoms with van der Waals surface area (Å²) in [4.78, 5) is 0. The molecule has 0 bridgehead atoms. The number of ether oxygens (including phenoxy) is 2. The molecule has 1 N–H and O–H groups in total. The second-order valence-electron chi connectivity index (χ2n) is 5.99. The first kappa shape index (κ1) is 13.9. The van der Waals surface area contributed by atoms with Crippen LogP contribution in [0.1, 0.15) is 49.8 Å². The van der Waals surface area contributed by atoms with Gasteiger partial charge in [-0.15, -0.1) is 0 Å². The van der Waals surface area contributed by atoms with E-state index in [0.29, 0.717) is 6.04 Å². The predicted octanol–water partition coefficient (Wildman–Crippen LogP) is 3.23. The summed E-state index contributed by atoms with van der Waals surface area (Å²) in [5, 5.41) is 3.63. The van der Waals surface area contributed by atoms with Crippen molar-refractivity contribution < 1.29 is 9.47 Å². The molecule has 1 unspecified atom stereocenters. The van der Waals surface area contributed by atoms with Crippen molar-refractivity contribution in [1.82, 2.24) is 5.32 Å². The highest BCUT2D eigenvalue weighted by molar-refractivity contribution is 5.45. The molecule has 0 saturated heterocycles. The quantitative estimate of drug-likeness (QED) is 0.864. The topological polar surface area (TPSA) is 30.5 Å². The van der Waals surface area contributed by atoms with Crippen LogP contribution >= 0.6 is 0 Å². The van der Waals surface area contributed by atoms with Gasteiger partial charge in [-0.3, -0.25) is 0 Å². The summed E-state index contributed by atoms with van der Waals surface area (Å²) in [6.45, 7) is 3.95. The summed E-state index contributed by atoms with van der Waals surface area (Å²) in [5.74, 6) is 1.11. The highest BCUT2D eigenvalue weighted by Gasteiger charge is 2.40. The van der Waals surface area contributed by atoms with Crippen LogP contribution in [0.15, 0.2) is 18.2 Å². The summed E-state index contributed by atoms with van der Waals surface area (Å²) in [6, 6.07) is 6.88. The molecular formula is C17H25NO2. The minimum atomic E-state index is 0.0775. The lowest BCUT2D eigenvalue weighted by atomic mass is 9.74. The number of rotatable bonds is 6. The van der Waals surface area contributed by atoms with Gasteiger partial charge in [0.2, 0.25) is 0 Å². The summed E-state index contributed by atoms with van der Waals surface area (Å²) >= 11 is 0. The monoisotopic (exact) mass is 275 g/mol. The van der Waals surface area contributed by atoms with E-state index in [-0.39, 0.29) is 5.60 Å². The number of fused-ring (bicyclic) bond motifs is 1. The summed E-state index contributed by atoms with van der Waals surface area (Å²) in [6.07, 6.45) is 5.73. The third kappa shape index (κ3) is 2.45. The zero-order chi connectivity index (χ0) is 14.0. The smallest absolute Gasteiger partial charge is 0.127 e. The SMILES string of the molecule is CCNC(CC1(OC)CCC1)c1cccc2c1OCC2. The Bertz CT molecular complexity index is 463. The van der Waals surface area contributed by atoms with E-state index in [1.807, 2.05) is 7.11 Å². The molecule has 3 nitrogen and oxygen atoms in total. The molecule has 0 spiro atoms. The molecule has 1 aliphatic heterocycles. The van der Waals surface area contributed by atoms with Gasteiger partial charge in [-0.25, -0.2) is 0 Å². The zero-order valence-electron chi connectivity index (χ0n) is 12.6. The summed E-state index contributed by atoms with van der Waals surface area (Å²) in [7, 11) is 1.86. The Morgan fingerprint density at radius 2 is 2.25 bits per heavy atom. The molecule has 1 aliphatic carbocycles. The Labute approximate surface area is 121 Å². The Balaban J connectivity index is 1.85. The molecule has 0 amide bonds. The van der Waals surface area contributed by atoms with Crippen LogP contribution in [-0.2, 0) is 11.2 Å². The van der Waals surface area contributed by atoms with Crippen molar-refractivity contribution in [2.45, 2.75) is 50.7 Å². The molecule has 1 aromatic rings. The van der Waals surface area contributed by atoms with Crippen molar-refractivity contribution in [3.8, 4) is 5.75 Å². The van der Waals surface area contributed by atoms with Gasteiger partial charge in [-0.2, -0.15) is 0 Å². The Morgan fingerprint density at radius 1 is 1.40 bits per heavy atom. The molecule has 3 heteroatoms. The zero-order valence-corrected chi connectivity index (χ0v) is 12.6. The molecule has 1 saturated carbocycles. The molecule has 0 aromatic heterocycles. The molecular weight excluding hydrogens is 250 g/mol. The summed E-state index contributed by atoms with van der Waals surface area (Å²) < 4.78 is 11.7. The van der Waals surface area contributed by atoms with E-state index in [4.69, 9.17) is 9.47 Å². The number of benzene rings is 1. The van der Waals surface area contributed by atoms with Crippen molar-refractivity contribution >= 4 is 0 Å². The molecule has 1 heterocycles. The van der Waals surface area contributed by atoms with Crippen LogP contribution in [0.2, 0.25) is 0 Å². The van der Waals surface area contributed by atoms with E-state index >= 15 is 0 Å². The maximum absolute atomic E-state index is 5.88. The third-order valence-corrected chi connectivity index (χ3v) is 4.84. The molecule has 20 heavy (non-hydrogen) atoms. The van der Waals surface area contributed by atoms with E-state index < -0.39 is 0 Å². The first-order valence-corrected chi connectivity index (χ1v) is 7.81. The van der Waals surface area contributed by atoms with Crippen molar-refractivity contribution in [1.29, 1.82) is 0 Å². The molecule has 110 valence electrons. The van der Waals surface area contributed by atoms with Crippen LogP contribution in [0, 0.1) is 0 Å². The van der Waals surface area contributed by atoms with Crippen LogP contribution in [0.4, 0.5) is 0 Å². The van der Waals surface area contributed by atoms with E-state index in [1.54, 1.807) is 0 Å². The van der Waals surface area contributed by atoms with Crippen molar-refractivity contribution in [3.63, 3.8) is 0 Å².